The molecule has 1 amide bonds. The molecule has 0 aromatic heterocycles. The molecule has 0 radical (unpaired) electrons. The number of hydrogen-bond donors (Lipinski definition) is 1. The number of amides is 1. The second kappa shape index (κ2) is 14.1. The summed E-state index contributed by atoms with van der Waals surface area (Å²) in [5, 5.41) is 2.83. The lowest BCUT2D eigenvalue weighted by atomic mass is 9.95. The average molecular weight is 388 g/mol. The van der Waals surface area contributed by atoms with Gasteiger partial charge in [-0.1, -0.05) is 13.8 Å². The van der Waals surface area contributed by atoms with Gasteiger partial charge in [-0.2, -0.15) is 0 Å². The Labute approximate surface area is 166 Å². The van der Waals surface area contributed by atoms with E-state index in [1.807, 2.05) is 13.8 Å². The van der Waals surface area contributed by atoms with Crippen molar-refractivity contribution in [2.24, 2.45) is 5.92 Å². The van der Waals surface area contributed by atoms with Crippen LogP contribution in [0.2, 0.25) is 0 Å². The summed E-state index contributed by atoms with van der Waals surface area (Å²) >= 11 is 0. The van der Waals surface area contributed by atoms with Crippen molar-refractivity contribution in [3.8, 4) is 0 Å². The molecule has 1 rings (SSSR count). The summed E-state index contributed by atoms with van der Waals surface area (Å²) in [6, 6.07) is 0. The van der Waals surface area contributed by atoms with E-state index in [0.717, 1.165) is 32.1 Å². The predicted octanol–water partition coefficient (Wildman–Crippen LogP) is 3.51. The molecule has 0 saturated heterocycles. The first kappa shape index (κ1) is 24.1. The van der Waals surface area contributed by atoms with Crippen LogP contribution in [-0.2, 0) is 23.8 Å². The zero-order valence-corrected chi connectivity index (χ0v) is 17.6. The Morgan fingerprint density at radius 3 is 2.26 bits per heavy atom. The van der Waals surface area contributed by atoms with Gasteiger partial charge in [-0.05, 0) is 46.0 Å². The van der Waals surface area contributed by atoms with Crippen LogP contribution < -0.4 is 5.32 Å². The van der Waals surface area contributed by atoms with E-state index in [-0.39, 0.29) is 19.0 Å². The molecule has 0 aliphatic heterocycles. The number of rotatable bonds is 14. The van der Waals surface area contributed by atoms with Crippen molar-refractivity contribution in [3.63, 3.8) is 0 Å². The van der Waals surface area contributed by atoms with E-state index in [1.54, 1.807) is 0 Å². The van der Waals surface area contributed by atoms with Crippen LogP contribution in [0.3, 0.4) is 0 Å². The van der Waals surface area contributed by atoms with Crippen molar-refractivity contribution in [1.82, 2.24) is 5.32 Å². The van der Waals surface area contributed by atoms with E-state index >= 15 is 0 Å². The average Bonchev–Trinajstić information content (AvgIpc) is 2.62. The summed E-state index contributed by atoms with van der Waals surface area (Å²) in [5.41, 5.74) is 0. The summed E-state index contributed by atoms with van der Waals surface area (Å²) in [6.07, 6.45) is 6.82. The molecule has 1 fully saturated rings. The summed E-state index contributed by atoms with van der Waals surface area (Å²) in [7, 11) is 0. The van der Waals surface area contributed by atoms with Crippen LogP contribution in [0.25, 0.3) is 0 Å². The van der Waals surface area contributed by atoms with Crippen molar-refractivity contribution >= 4 is 11.7 Å². The van der Waals surface area contributed by atoms with Gasteiger partial charge in [0.05, 0.1) is 31.5 Å². The fourth-order valence-electron chi connectivity index (χ4n) is 3.12. The minimum Gasteiger partial charge on any atom is -0.379 e. The number of ketones is 1. The standard InChI is InChI=1S/C21H39NO5.H2/c1-16(2)20(23)11-14-25-15-12-22-21(24)6-5-13-26-18-7-9-19(10-8-18)27-17(3)4;/h16-19H,5-15H2,1-4H3,(H,22,24);1H. The van der Waals surface area contributed by atoms with Gasteiger partial charge in [0.15, 0.2) is 0 Å². The van der Waals surface area contributed by atoms with E-state index < -0.39 is 0 Å². The second-order valence-electron chi connectivity index (χ2n) is 7.89. The lowest BCUT2D eigenvalue weighted by Crippen LogP contribution is -2.29. The Morgan fingerprint density at radius 2 is 1.63 bits per heavy atom. The Bertz CT molecular complexity index is 423. The number of carbonyl (C=O) groups is 2. The normalized spacial score (nSPS) is 20.2. The summed E-state index contributed by atoms with van der Waals surface area (Å²) in [6.45, 7) is 9.90. The van der Waals surface area contributed by atoms with Crippen LogP contribution >= 0.6 is 0 Å². The predicted molar refractivity (Wildman–Crippen MR) is 108 cm³/mol. The maximum atomic E-state index is 11.8. The van der Waals surface area contributed by atoms with Crippen molar-refractivity contribution in [1.29, 1.82) is 0 Å². The molecule has 6 heteroatoms. The molecule has 0 heterocycles. The van der Waals surface area contributed by atoms with Gasteiger partial charge in [-0.3, -0.25) is 9.59 Å². The minimum atomic E-state index is 0. The van der Waals surface area contributed by atoms with E-state index in [4.69, 9.17) is 14.2 Å². The van der Waals surface area contributed by atoms with Crippen LogP contribution in [0.1, 0.15) is 74.1 Å². The zero-order chi connectivity index (χ0) is 20.1. The Hall–Kier alpha value is -0.980. The molecule has 1 saturated carbocycles. The molecular formula is C21H41NO5. The van der Waals surface area contributed by atoms with Crippen LogP contribution in [0.5, 0.6) is 0 Å². The Morgan fingerprint density at radius 1 is 0.963 bits per heavy atom. The highest BCUT2D eigenvalue weighted by molar-refractivity contribution is 5.80. The fraction of sp³-hybridized carbons (Fsp3) is 0.905. The van der Waals surface area contributed by atoms with Crippen molar-refractivity contribution < 1.29 is 25.2 Å². The molecular weight excluding hydrogens is 346 g/mol. The smallest absolute Gasteiger partial charge is 0.220 e. The maximum absolute atomic E-state index is 11.8. The third-order valence-electron chi connectivity index (χ3n) is 4.69. The molecule has 27 heavy (non-hydrogen) atoms. The molecule has 1 aliphatic rings. The van der Waals surface area contributed by atoms with E-state index in [9.17, 15) is 9.59 Å². The van der Waals surface area contributed by atoms with Crippen molar-refractivity contribution in [3.05, 3.63) is 0 Å². The van der Waals surface area contributed by atoms with Gasteiger partial charge in [0.1, 0.15) is 5.78 Å². The lowest BCUT2D eigenvalue weighted by molar-refractivity contribution is -0.124. The van der Waals surface area contributed by atoms with Crippen molar-refractivity contribution in [2.75, 3.05) is 26.4 Å². The first-order valence-electron chi connectivity index (χ1n) is 10.5. The van der Waals surface area contributed by atoms with Gasteiger partial charge in [0.25, 0.3) is 0 Å². The summed E-state index contributed by atoms with van der Waals surface area (Å²) < 4.78 is 17.1. The Kier molecular flexibility index (Phi) is 12.5. The lowest BCUT2D eigenvalue weighted by Gasteiger charge is -2.29. The molecule has 0 spiro atoms. The molecule has 160 valence electrons. The molecule has 0 atom stereocenters. The highest BCUT2D eigenvalue weighted by Crippen LogP contribution is 2.24. The topological polar surface area (TPSA) is 73.9 Å². The molecule has 0 bridgehead atoms. The van der Waals surface area contributed by atoms with Gasteiger partial charge in [0.2, 0.25) is 5.91 Å². The van der Waals surface area contributed by atoms with Crippen LogP contribution in [-0.4, -0.2) is 56.4 Å². The van der Waals surface area contributed by atoms with Gasteiger partial charge in [-0.25, -0.2) is 0 Å². The number of nitrogens with one attached hydrogen (secondary N) is 1. The third-order valence-corrected chi connectivity index (χ3v) is 4.69. The van der Waals surface area contributed by atoms with Crippen LogP contribution in [0.15, 0.2) is 0 Å². The molecule has 1 aliphatic carbocycles. The van der Waals surface area contributed by atoms with Gasteiger partial charge in [0, 0.05) is 33.3 Å². The summed E-state index contributed by atoms with van der Waals surface area (Å²) in [4.78, 5) is 23.2. The van der Waals surface area contributed by atoms with E-state index in [2.05, 4.69) is 19.2 Å². The van der Waals surface area contributed by atoms with Gasteiger partial charge < -0.3 is 19.5 Å². The number of hydrogen-bond acceptors (Lipinski definition) is 5. The van der Waals surface area contributed by atoms with E-state index in [1.165, 1.54) is 0 Å². The van der Waals surface area contributed by atoms with Gasteiger partial charge >= 0.3 is 0 Å². The minimum absolute atomic E-state index is 0. The van der Waals surface area contributed by atoms with Crippen LogP contribution in [0, 0.1) is 5.92 Å². The zero-order valence-electron chi connectivity index (χ0n) is 17.6. The highest BCUT2D eigenvalue weighted by atomic mass is 16.5. The first-order valence-corrected chi connectivity index (χ1v) is 10.5. The third kappa shape index (κ3) is 12.2. The highest BCUT2D eigenvalue weighted by Gasteiger charge is 2.22. The molecule has 1 N–H and O–H groups in total. The Balaban J connectivity index is 0.00000729. The quantitative estimate of drug-likeness (QED) is 0.462. The number of carbonyl (C=O) groups excluding carboxylic acids is 2. The molecule has 6 nitrogen and oxygen atoms in total. The molecule has 0 aromatic rings. The van der Waals surface area contributed by atoms with E-state index in [0.29, 0.717) is 57.5 Å². The molecule has 0 unspecified atom stereocenters. The van der Waals surface area contributed by atoms with Crippen LogP contribution in [0.4, 0.5) is 0 Å². The monoisotopic (exact) mass is 387 g/mol. The van der Waals surface area contributed by atoms with Gasteiger partial charge in [-0.15, -0.1) is 0 Å². The number of Topliss-reactive ketones (excluding diaryl/α,β-unsaturated/α-hetero) is 1. The van der Waals surface area contributed by atoms with Crippen molar-refractivity contribution in [2.45, 2.75) is 91.0 Å². The second-order valence-corrected chi connectivity index (χ2v) is 7.89. The SMILES string of the molecule is CC(C)OC1CCC(OCCCC(=O)NCCOCCC(=O)C(C)C)CC1.[HH]. The maximum Gasteiger partial charge on any atom is 0.220 e. The fourth-order valence-corrected chi connectivity index (χ4v) is 3.12. The summed E-state index contributed by atoms with van der Waals surface area (Å²) in [5.74, 6) is 0.286. The largest absolute Gasteiger partial charge is 0.379 e. The first-order chi connectivity index (χ1) is 12.9. The molecule has 0 aromatic carbocycles. The number of ether oxygens (including phenoxy) is 3.